The number of hydrogen-bond donors (Lipinski definition) is 0. The van der Waals surface area contributed by atoms with Gasteiger partial charge in [0.1, 0.15) is 10.6 Å². The summed E-state index contributed by atoms with van der Waals surface area (Å²) in [7, 11) is 0. The van der Waals surface area contributed by atoms with Crippen LogP contribution in [0.1, 0.15) is 37.6 Å². The molecule has 0 N–H and O–H groups in total. The molecule has 1 aliphatic carbocycles. The summed E-state index contributed by atoms with van der Waals surface area (Å²) >= 11 is 8.03. The highest BCUT2D eigenvalue weighted by molar-refractivity contribution is 7.19. The molecule has 25 heavy (non-hydrogen) atoms. The smallest absolute Gasteiger partial charge is 0.225 e. The van der Waals surface area contributed by atoms with Gasteiger partial charge in [-0.25, -0.2) is 4.98 Å². The van der Waals surface area contributed by atoms with Gasteiger partial charge in [-0.15, -0.1) is 24.5 Å². The van der Waals surface area contributed by atoms with E-state index in [4.69, 9.17) is 11.6 Å². The first-order valence-electron chi connectivity index (χ1n) is 8.79. The summed E-state index contributed by atoms with van der Waals surface area (Å²) in [5, 5.41) is 1.49. The van der Waals surface area contributed by atoms with E-state index in [-0.39, 0.29) is 0 Å². The van der Waals surface area contributed by atoms with Crippen molar-refractivity contribution in [1.29, 1.82) is 0 Å². The molecule has 2 heterocycles. The highest BCUT2D eigenvalue weighted by Crippen LogP contribution is 2.45. The number of nitrogens with zero attached hydrogens (tertiary/aromatic N) is 3. The summed E-state index contributed by atoms with van der Waals surface area (Å²) in [6.45, 7) is 16.2. The average molecular weight is 376 g/mol. The van der Waals surface area contributed by atoms with Crippen LogP contribution in [0.5, 0.6) is 0 Å². The first-order chi connectivity index (χ1) is 11.8. The Kier molecular flexibility index (Phi) is 5.21. The van der Waals surface area contributed by atoms with E-state index in [1.54, 1.807) is 11.3 Å². The molecule has 0 saturated carbocycles. The monoisotopic (exact) mass is 375 g/mol. The molecule has 1 aliphatic rings. The summed E-state index contributed by atoms with van der Waals surface area (Å²) < 4.78 is 0. The molecule has 0 amide bonds. The standard InChI is InChI=1S/C20H26ClN3S/c1-6-10-24(11-7-2)17-16-14-9-8-13(20(3,4)5)12-15(14)25-18(16)23-19(21)22-17/h6-7,13H,1-2,8-12H2,3-5H3. The Morgan fingerprint density at radius 1 is 1.24 bits per heavy atom. The molecule has 3 nitrogen and oxygen atoms in total. The van der Waals surface area contributed by atoms with Crippen LogP contribution < -0.4 is 4.90 Å². The van der Waals surface area contributed by atoms with Crippen molar-refractivity contribution in [3.8, 4) is 0 Å². The third kappa shape index (κ3) is 3.61. The molecule has 2 aromatic heterocycles. The van der Waals surface area contributed by atoms with Gasteiger partial charge in [-0.05, 0) is 47.8 Å². The van der Waals surface area contributed by atoms with Gasteiger partial charge in [0.05, 0.1) is 5.39 Å². The van der Waals surface area contributed by atoms with Crippen LogP contribution in [0, 0.1) is 11.3 Å². The minimum Gasteiger partial charge on any atom is -0.348 e. The van der Waals surface area contributed by atoms with Crippen molar-refractivity contribution < 1.29 is 0 Å². The van der Waals surface area contributed by atoms with Gasteiger partial charge in [0.15, 0.2) is 0 Å². The minimum absolute atomic E-state index is 0.312. The van der Waals surface area contributed by atoms with Gasteiger partial charge in [0.2, 0.25) is 5.28 Å². The molecule has 2 aromatic rings. The molecule has 134 valence electrons. The van der Waals surface area contributed by atoms with E-state index in [0.717, 1.165) is 23.5 Å². The van der Waals surface area contributed by atoms with Gasteiger partial charge in [-0.3, -0.25) is 0 Å². The van der Waals surface area contributed by atoms with E-state index >= 15 is 0 Å². The summed E-state index contributed by atoms with van der Waals surface area (Å²) in [6, 6.07) is 0. The predicted octanol–water partition coefficient (Wildman–Crippen LogP) is 5.67. The number of thiophene rings is 1. The molecular weight excluding hydrogens is 350 g/mol. The van der Waals surface area contributed by atoms with Crippen molar-refractivity contribution in [2.75, 3.05) is 18.0 Å². The number of anilines is 1. The van der Waals surface area contributed by atoms with Crippen molar-refractivity contribution >= 4 is 39.0 Å². The van der Waals surface area contributed by atoms with Gasteiger partial charge >= 0.3 is 0 Å². The largest absolute Gasteiger partial charge is 0.348 e. The lowest BCUT2D eigenvalue weighted by Crippen LogP contribution is -2.27. The second-order valence-corrected chi connectivity index (χ2v) is 9.21. The lowest BCUT2D eigenvalue weighted by molar-refractivity contribution is 0.218. The molecule has 1 atom stereocenters. The molecule has 1 unspecified atom stereocenters. The third-order valence-electron chi connectivity index (χ3n) is 5.09. The number of aromatic nitrogens is 2. The van der Waals surface area contributed by atoms with Crippen molar-refractivity contribution in [3.63, 3.8) is 0 Å². The zero-order valence-corrected chi connectivity index (χ0v) is 16.9. The van der Waals surface area contributed by atoms with Crippen molar-refractivity contribution in [3.05, 3.63) is 41.0 Å². The predicted molar refractivity (Wildman–Crippen MR) is 110 cm³/mol. The molecule has 0 saturated heterocycles. The lowest BCUT2D eigenvalue weighted by atomic mass is 9.72. The number of halogens is 1. The van der Waals surface area contributed by atoms with E-state index in [1.165, 1.54) is 22.2 Å². The Bertz CT molecular complexity index is 793. The maximum atomic E-state index is 6.24. The van der Waals surface area contributed by atoms with Gasteiger partial charge in [0.25, 0.3) is 0 Å². The second-order valence-electron chi connectivity index (χ2n) is 7.79. The zero-order valence-electron chi connectivity index (χ0n) is 15.3. The van der Waals surface area contributed by atoms with Crippen LogP contribution in [-0.4, -0.2) is 23.1 Å². The Morgan fingerprint density at radius 3 is 2.52 bits per heavy atom. The average Bonchev–Trinajstić information content (AvgIpc) is 2.90. The number of hydrogen-bond acceptors (Lipinski definition) is 4. The molecule has 0 aromatic carbocycles. The second kappa shape index (κ2) is 7.08. The molecule has 3 rings (SSSR count). The van der Waals surface area contributed by atoms with Crippen LogP contribution >= 0.6 is 22.9 Å². The quantitative estimate of drug-likeness (QED) is 0.497. The first-order valence-corrected chi connectivity index (χ1v) is 9.99. The van der Waals surface area contributed by atoms with Crippen LogP contribution in [0.4, 0.5) is 5.82 Å². The normalized spacial score (nSPS) is 17.4. The molecule has 0 spiro atoms. The molecule has 0 radical (unpaired) electrons. The van der Waals surface area contributed by atoms with E-state index in [9.17, 15) is 0 Å². The van der Waals surface area contributed by atoms with E-state index in [0.29, 0.717) is 29.7 Å². The van der Waals surface area contributed by atoms with Crippen LogP contribution in [0.3, 0.4) is 0 Å². The van der Waals surface area contributed by atoms with E-state index in [1.807, 2.05) is 12.2 Å². The summed E-state index contributed by atoms with van der Waals surface area (Å²) in [5.41, 5.74) is 1.75. The lowest BCUT2D eigenvalue weighted by Gasteiger charge is -2.34. The Balaban J connectivity index is 2.12. The molecule has 0 bridgehead atoms. The fourth-order valence-electron chi connectivity index (χ4n) is 3.66. The SMILES string of the molecule is C=CCN(CC=C)c1nc(Cl)nc2sc3c(c12)CCC(C(C)(C)C)C3. The van der Waals surface area contributed by atoms with Gasteiger partial charge in [0, 0.05) is 18.0 Å². The number of aryl methyl sites for hydroxylation is 1. The zero-order chi connectivity index (χ0) is 18.2. The van der Waals surface area contributed by atoms with E-state index in [2.05, 4.69) is 48.8 Å². The van der Waals surface area contributed by atoms with Crippen molar-refractivity contribution in [1.82, 2.24) is 9.97 Å². The van der Waals surface area contributed by atoms with Crippen LogP contribution in [0.25, 0.3) is 10.2 Å². The first kappa shape index (κ1) is 18.4. The highest BCUT2D eigenvalue weighted by atomic mass is 35.5. The van der Waals surface area contributed by atoms with E-state index < -0.39 is 0 Å². The minimum atomic E-state index is 0.312. The number of fused-ring (bicyclic) bond motifs is 3. The van der Waals surface area contributed by atoms with Gasteiger partial charge in [-0.2, -0.15) is 4.98 Å². The van der Waals surface area contributed by atoms with Crippen LogP contribution in [0.2, 0.25) is 5.28 Å². The highest BCUT2D eigenvalue weighted by Gasteiger charge is 2.32. The van der Waals surface area contributed by atoms with Gasteiger partial charge < -0.3 is 4.90 Å². The molecule has 0 aliphatic heterocycles. The molecule has 5 heteroatoms. The Morgan fingerprint density at radius 2 is 1.92 bits per heavy atom. The number of rotatable bonds is 5. The topological polar surface area (TPSA) is 29.0 Å². The van der Waals surface area contributed by atoms with Crippen LogP contribution in [-0.2, 0) is 12.8 Å². The fourth-order valence-corrected chi connectivity index (χ4v) is 5.17. The maximum Gasteiger partial charge on any atom is 0.225 e. The van der Waals surface area contributed by atoms with Gasteiger partial charge in [-0.1, -0.05) is 32.9 Å². The molecular formula is C20H26ClN3S. The maximum absolute atomic E-state index is 6.24. The summed E-state index contributed by atoms with van der Waals surface area (Å²) in [4.78, 5) is 13.7. The summed E-state index contributed by atoms with van der Waals surface area (Å²) in [6.07, 6.45) is 7.21. The fraction of sp³-hybridized carbons (Fsp3) is 0.500. The van der Waals surface area contributed by atoms with Crippen LogP contribution in [0.15, 0.2) is 25.3 Å². The van der Waals surface area contributed by atoms with Crippen molar-refractivity contribution in [2.24, 2.45) is 11.3 Å². The third-order valence-corrected chi connectivity index (χ3v) is 6.40. The van der Waals surface area contributed by atoms with Crippen molar-refractivity contribution in [2.45, 2.75) is 40.0 Å². The molecule has 0 fully saturated rings. The summed E-state index contributed by atoms with van der Waals surface area (Å²) in [5.74, 6) is 1.62. The Labute approximate surface area is 159 Å². The Hall–Kier alpha value is -1.39.